The highest BCUT2D eigenvalue weighted by molar-refractivity contribution is 5.85. The van der Waals surface area contributed by atoms with Gasteiger partial charge in [-0.15, -0.1) is 24.8 Å². The molecular weight excluding hydrogens is 351 g/mol. The maximum absolute atomic E-state index is 12.4. The summed E-state index contributed by atoms with van der Waals surface area (Å²) in [6.45, 7) is -0.0361. The predicted molar refractivity (Wildman–Crippen MR) is 90.0 cm³/mol. The Hall–Kier alpha value is -1.31. The van der Waals surface area contributed by atoms with E-state index in [-0.39, 0.29) is 42.5 Å². The summed E-state index contributed by atoms with van der Waals surface area (Å²) in [5.41, 5.74) is 6.12. The van der Waals surface area contributed by atoms with Crippen molar-refractivity contribution in [2.45, 2.75) is 32.0 Å². The summed E-state index contributed by atoms with van der Waals surface area (Å²) < 4.78 is 29.4. The summed E-state index contributed by atoms with van der Waals surface area (Å²) in [7, 11) is 0. The van der Waals surface area contributed by atoms with Gasteiger partial charge in [-0.2, -0.15) is 8.78 Å². The summed E-state index contributed by atoms with van der Waals surface area (Å²) in [6.07, 6.45) is 0.738. The van der Waals surface area contributed by atoms with E-state index in [4.69, 9.17) is 5.73 Å². The minimum absolute atomic E-state index is 0. The van der Waals surface area contributed by atoms with Crippen LogP contribution in [0.1, 0.15) is 13.3 Å². The molecule has 0 radical (unpaired) electrons. The smallest absolute Gasteiger partial charge is 0.387 e. The number of ether oxygens (including phenoxy) is 1. The molecule has 0 aliphatic carbocycles. The molecule has 1 amide bonds. The van der Waals surface area contributed by atoms with E-state index in [9.17, 15) is 13.6 Å². The minimum atomic E-state index is -2.86. The molecule has 0 spiro atoms. The molecule has 5 nitrogen and oxygen atoms in total. The van der Waals surface area contributed by atoms with Gasteiger partial charge in [0.2, 0.25) is 5.91 Å². The largest absolute Gasteiger partial charge is 0.433 e. The lowest BCUT2D eigenvalue weighted by atomic mass is 10.2. The average Bonchev–Trinajstić information content (AvgIpc) is 2.87. The molecule has 0 saturated carbocycles. The first kappa shape index (κ1) is 21.7. The van der Waals surface area contributed by atoms with Crippen LogP contribution in [0.25, 0.3) is 0 Å². The summed E-state index contributed by atoms with van der Waals surface area (Å²) in [4.78, 5) is 13.5. The number of hydrogen-bond donors (Lipinski definition) is 2. The number of nitrogens with zero attached hydrogens (tertiary/aromatic N) is 1. The lowest BCUT2D eigenvalue weighted by molar-refractivity contribution is -0.122. The molecule has 2 atom stereocenters. The number of amides is 1. The van der Waals surface area contributed by atoms with E-state index >= 15 is 0 Å². The zero-order valence-corrected chi connectivity index (χ0v) is 14.2. The molecule has 23 heavy (non-hydrogen) atoms. The molecule has 2 rings (SSSR count). The maximum atomic E-state index is 12.4. The van der Waals surface area contributed by atoms with Gasteiger partial charge in [-0.05, 0) is 25.5 Å². The first-order valence-electron chi connectivity index (χ1n) is 6.82. The van der Waals surface area contributed by atoms with E-state index in [0.717, 1.165) is 6.42 Å². The molecule has 9 heteroatoms. The summed E-state index contributed by atoms with van der Waals surface area (Å²) in [6, 6.07) is 6.05. The lowest BCUT2D eigenvalue weighted by Crippen LogP contribution is -2.44. The highest BCUT2D eigenvalue weighted by Gasteiger charge is 2.26. The van der Waals surface area contributed by atoms with Crippen LogP contribution in [0.2, 0.25) is 0 Å². The van der Waals surface area contributed by atoms with Crippen molar-refractivity contribution in [2.75, 3.05) is 18.0 Å². The van der Waals surface area contributed by atoms with Crippen molar-refractivity contribution < 1.29 is 18.3 Å². The molecule has 1 aromatic carbocycles. The lowest BCUT2D eigenvalue weighted by Gasteiger charge is -2.22. The van der Waals surface area contributed by atoms with Crippen molar-refractivity contribution in [1.29, 1.82) is 0 Å². The number of anilines is 1. The van der Waals surface area contributed by atoms with E-state index in [2.05, 4.69) is 10.1 Å². The topological polar surface area (TPSA) is 67.6 Å². The molecule has 1 fully saturated rings. The molecule has 1 aliphatic heterocycles. The fourth-order valence-corrected chi connectivity index (χ4v) is 2.34. The van der Waals surface area contributed by atoms with E-state index < -0.39 is 12.7 Å². The van der Waals surface area contributed by atoms with Crippen LogP contribution in [-0.2, 0) is 4.79 Å². The Labute approximate surface area is 146 Å². The van der Waals surface area contributed by atoms with Gasteiger partial charge in [0.1, 0.15) is 5.75 Å². The average molecular weight is 372 g/mol. The van der Waals surface area contributed by atoms with Gasteiger partial charge in [0.15, 0.2) is 0 Å². The number of nitrogens with one attached hydrogen (secondary N) is 1. The van der Waals surface area contributed by atoms with Gasteiger partial charge in [-0.3, -0.25) is 4.79 Å². The Balaban J connectivity index is 0.00000242. The van der Waals surface area contributed by atoms with Crippen molar-refractivity contribution in [3.63, 3.8) is 0 Å². The Bertz CT molecular complexity index is 507. The normalized spacial score (nSPS) is 18.0. The van der Waals surface area contributed by atoms with E-state index in [1.807, 2.05) is 4.90 Å². The van der Waals surface area contributed by atoms with Crippen LogP contribution in [0.15, 0.2) is 24.3 Å². The van der Waals surface area contributed by atoms with Gasteiger partial charge in [0.25, 0.3) is 0 Å². The number of benzene rings is 1. The highest BCUT2D eigenvalue weighted by Crippen LogP contribution is 2.31. The van der Waals surface area contributed by atoms with Crippen molar-refractivity contribution in [3.8, 4) is 5.75 Å². The van der Waals surface area contributed by atoms with Crippen LogP contribution in [0.4, 0.5) is 14.5 Å². The maximum Gasteiger partial charge on any atom is 0.387 e. The van der Waals surface area contributed by atoms with Gasteiger partial charge in [-0.25, -0.2) is 0 Å². The molecule has 1 heterocycles. The third-order valence-electron chi connectivity index (χ3n) is 3.37. The Morgan fingerprint density at radius 3 is 2.65 bits per heavy atom. The van der Waals surface area contributed by atoms with E-state index in [1.54, 1.807) is 25.1 Å². The molecule has 0 aromatic heterocycles. The quantitative estimate of drug-likeness (QED) is 0.832. The van der Waals surface area contributed by atoms with Crippen molar-refractivity contribution in [1.82, 2.24) is 5.32 Å². The van der Waals surface area contributed by atoms with E-state index in [0.29, 0.717) is 18.8 Å². The molecular formula is C14H21Cl2F2N3O2. The zero-order chi connectivity index (χ0) is 15.4. The molecule has 1 saturated heterocycles. The van der Waals surface area contributed by atoms with Crippen molar-refractivity contribution in [3.05, 3.63) is 24.3 Å². The van der Waals surface area contributed by atoms with Gasteiger partial charge in [-0.1, -0.05) is 12.1 Å². The number of carbonyl (C=O) groups excluding carboxylic acids is 1. The predicted octanol–water partition coefficient (Wildman–Crippen LogP) is 2.17. The van der Waals surface area contributed by atoms with Crippen LogP contribution in [0.3, 0.4) is 0 Å². The van der Waals surface area contributed by atoms with Gasteiger partial charge >= 0.3 is 6.61 Å². The number of halogens is 4. The second-order valence-corrected chi connectivity index (χ2v) is 5.08. The van der Waals surface area contributed by atoms with E-state index in [1.165, 1.54) is 6.07 Å². The fourth-order valence-electron chi connectivity index (χ4n) is 2.34. The summed E-state index contributed by atoms with van der Waals surface area (Å²) >= 11 is 0. The van der Waals surface area contributed by atoms with Gasteiger partial charge in [0.05, 0.1) is 11.7 Å². The number of nitrogens with two attached hydrogens (primary N) is 1. The Morgan fingerprint density at radius 1 is 1.39 bits per heavy atom. The molecule has 132 valence electrons. The molecule has 3 N–H and O–H groups in total. The van der Waals surface area contributed by atoms with Crippen LogP contribution < -0.4 is 20.7 Å². The third-order valence-corrected chi connectivity index (χ3v) is 3.37. The Morgan fingerprint density at radius 2 is 2.04 bits per heavy atom. The third kappa shape index (κ3) is 6.01. The minimum Gasteiger partial charge on any atom is -0.433 e. The molecule has 1 aromatic rings. The van der Waals surface area contributed by atoms with Crippen LogP contribution in [-0.4, -0.2) is 37.7 Å². The van der Waals surface area contributed by atoms with Gasteiger partial charge in [0, 0.05) is 19.1 Å². The first-order chi connectivity index (χ1) is 9.97. The number of carbonyl (C=O) groups is 1. The Kier molecular flexibility index (Phi) is 9.19. The molecule has 1 aliphatic rings. The van der Waals surface area contributed by atoms with Crippen molar-refractivity contribution in [2.24, 2.45) is 5.73 Å². The SMILES string of the molecule is C[C@@H](N)C(=O)NC1CCN(c2ccccc2OC(F)F)C1.Cl.Cl. The number of alkyl halides is 2. The van der Waals surface area contributed by atoms with Crippen molar-refractivity contribution >= 4 is 36.4 Å². The molecule has 0 bridgehead atoms. The van der Waals surface area contributed by atoms with Crippen LogP contribution in [0, 0.1) is 0 Å². The van der Waals surface area contributed by atoms with Crippen LogP contribution in [0.5, 0.6) is 5.75 Å². The first-order valence-corrected chi connectivity index (χ1v) is 6.82. The van der Waals surface area contributed by atoms with Gasteiger partial charge < -0.3 is 20.7 Å². The standard InChI is InChI=1S/C14H19F2N3O2.2ClH/c1-9(17)13(20)18-10-6-7-19(8-10)11-4-2-3-5-12(11)21-14(15)16;;/h2-5,9-10,14H,6-8,17H2,1H3,(H,18,20);2*1H/t9-,10?;;/m1../s1. The second-order valence-electron chi connectivity index (χ2n) is 5.08. The fraction of sp³-hybridized carbons (Fsp3) is 0.500. The van der Waals surface area contributed by atoms with Crippen LogP contribution >= 0.6 is 24.8 Å². The highest BCUT2D eigenvalue weighted by atomic mass is 35.5. The molecule has 1 unspecified atom stereocenters. The monoisotopic (exact) mass is 371 g/mol. The number of hydrogen-bond acceptors (Lipinski definition) is 4. The summed E-state index contributed by atoms with van der Waals surface area (Å²) in [5, 5.41) is 2.84. The zero-order valence-electron chi connectivity index (χ0n) is 12.6. The number of para-hydroxylation sites is 2. The summed E-state index contributed by atoms with van der Waals surface area (Å²) in [5.74, 6) is -0.0642. The number of rotatable bonds is 5. The second kappa shape index (κ2) is 9.75.